The molecule has 0 saturated heterocycles. The van der Waals surface area contributed by atoms with E-state index in [4.69, 9.17) is 0 Å². The van der Waals surface area contributed by atoms with E-state index < -0.39 is 0 Å². The van der Waals surface area contributed by atoms with Crippen molar-refractivity contribution < 1.29 is 9.90 Å². The number of thioether (sulfide) groups is 1. The number of amides is 1. The third kappa shape index (κ3) is 3.91. The molecule has 0 aliphatic heterocycles. The first-order chi connectivity index (χ1) is 8.57. The Kier molecular flexibility index (Phi) is 5.98. The monoisotopic (exact) mass is 268 g/mol. The van der Waals surface area contributed by atoms with E-state index in [1.807, 2.05) is 18.7 Å². The van der Waals surface area contributed by atoms with Gasteiger partial charge in [-0.2, -0.15) is 11.8 Å². The van der Waals surface area contributed by atoms with Crippen molar-refractivity contribution in [1.29, 1.82) is 0 Å². The van der Waals surface area contributed by atoms with E-state index in [1.165, 1.54) is 12.3 Å². The van der Waals surface area contributed by atoms with E-state index in [1.54, 1.807) is 18.0 Å². The Morgan fingerprint density at radius 2 is 2.33 bits per heavy atom. The first kappa shape index (κ1) is 14.8. The van der Waals surface area contributed by atoms with Crippen LogP contribution in [0.3, 0.4) is 0 Å². The molecule has 0 bridgehead atoms. The van der Waals surface area contributed by atoms with E-state index in [9.17, 15) is 9.90 Å². The number of pyridine rings is 1. The summed E-state index contributed by atoms with van der Waals surface area (Å²) in [5.41, 5.74) is 0.120. The standard InChI is InChI=1S/C13H20N2O2S/c1-4-18-9-7-10(2)15(3)13(17)12-11(16)6-5-8-14-12/h5-6,8,10,16H,4,7,9H2,1-3H3/t10-/m0/s1. The smallest absolute Gasteiger partial charge is 0.276 e. The van der Waals surface area contributed by atoms with Crippen LogP contribution in [0.4, 0.5) is 0 Å². The molecule has 0 saturated carbocycles. The predicted octanol–water partition coefficient (Wildman–Crippen LogP) is 2.39. The molecule has 0 aliphatic carbocycles. The maximum atomic E-state index is 12.1. The van der Waals surface area contributed by atoms with Gasteiger partial charge in [-0.3, -0.25) is 4.79 Å². The summed E-state index contributed by atoms with van der Waals surface area (Å²) in [4.78, 5) is 17.7. The summed E-state index contributed by atoms with van der Waals surface area (Å²) in [7, 11) is 1.75. The highest BCUT2D eigenvalue weighted by molar-refractivity contribution is 7.99. The molecule has 18 heavy (non-hydrogen) atoms. The Hall–Kier alpha value is -1.23. The first-order valence-electron chi connectivity index (χ1n) is 6.06. The molecule has 100 valence electrons. The fraction of sp³-hybridized carbons (Fsp3) is 0.538. The molecule has 1 N–H and O–H groups in total. The van der Waals surface area contributed by atoms with Crippen LogP contribution in [0, 0.1) is 0 Å². The van der Waals surface area contributed by atoms with Gasteiger partial charge in [0.05, 0.1) is 0 Å². The van der Waals surface area contributed by atoms with Gasteiger partial charge in [0.25, 0.3) is 5.91 Å². The summed E-state index contributed by atoms with van der Waals surface area (Å²) in [6, 6.07) is 3.22. The van der Waals surface area contributed by atoms with Crippen molar-refractivity contribution in [3.05, 3.63) is 24.0 Å². The molecule has 1 atom stereocenters. The van der Waals surface area contributed by atoms with Crippen molar-refractivity contribution in [3.8, 4) is 5.75 Å². The SMILES string of the molecule is CCSCC[C@H](C)N(C)C(=O)c1ncccc1O. The Morgan fingerprint density at radius 3 is 2.94 bits per heavy atom. The van der Waals surface area contributed by atoms with Gasteiger partial charge in [0.2, 0.25) is 0 Å². The third-order valence-electron chi connectivity index (χ3n) is 2.85. The molecule has 1 amide bonds. The Labute approximate surface area is 112 Å². The second-order valence-corrected chi connectivity index (χ2v) is 5.52. The molecule has 1 rings (SSSR count). The van der Waals surface area contributed by atoms with Crippen molar-refractivity contribution in [2.75, 3.05) is 18.6 Å². The van der Waals surface area contributed by atoms with E-state index >= 15 is 0 Å². The number of aromatic nitrogens is 1. The zero-order valence-electron chi connectivity index (χ0n) is 11.1. The molecule has 0 aliphatic rings. The number of carbonyl (C=O) groups excluding carboxylic acids is 1. The largest absolute Gasteiger partial charge is 0.505 e. The van der Waals surface area contributed by atoms with Crippen LogP contribution < -0.4 is 0 Å². The number of aromatic hydroxyl groups is 1. The molecule has 1 aromatic heterocycles. The van der Waals surface area contributed by atoms with Crippen LogP contribution in [-0.4, -0.2) is 45.5 Å². The second kappa shape index (κ2) is 7.26. The Morgan fingerprint density at radius 1 is 1.61 bits per heavy atom. The first-order valence-corrected chi connectivity index (χ1v) is 7.22. The molecule has 0 unspecified atom stereocenters. The van der Waals surface area contributed by atoms with Gasteiger partial charge in [-0.15, -0.1) is 0 Å². The molecule has 0 fully saturated rings. The molecular weight excluding hydrogens is 248 g/mol. The topological polar surface area (TPSA) is 53.4 Å². The van der Waals surface area contributed by atoms with Crippen molar-refractivity contribution >= 4 is 17.7 Å². The molecule has 0 aromatic carbocycles. The minimum Gasteiger partial charge on any atom is -0.505 e. The van der Waals surface area contributed by atoms with Crippen LogP contribution in [0.2, 0.25) is 0 Å². The Balaban J connectivity index is 2.63. The lowest BCUT2D eigenvalue weighted by Crippen LogP contribution is -2.36. The summed E-state index contributed by atoms with van der Waals surface area (Å²) in [6.45, 7) is 4.13. The summed E-state index contributed by atoms with van der Waals surface area (Å²) in [6.07, 6.45) is 2.45. The second-order valence-electron chi connectivity index (χ2n) is 4.12. The highest BCUT2D eigenvalue weighted by Gasteiger charge is 2.20. The number of hydrogen-bond acceptors (Lipinski definition) is 4. The van der Waals surface area contributed by atoms with Gasteiger partial charge in [-0.05, 0) is 37.0 Å². The van der Waals surface area contributed by atoms with Gasteiger partial charge in [0, 0.05) is 19.3 Å². The summed E-state index contributed by atoms with van der Waals surface area (Å²) >= 11 is 1.86. The predicted molar refractivity (Wildman–Crippen MR) is 75.1 cm³/mol. The van der Waals surface area contributed by atoms with Gasteiger partial charge in [0.15, 0.2) is 5.69 Å². The summed E-state index contributed by atoms with van der Waals surface area (Å²) < 4.78 is 0. The lowest BCUT2D eigenvalue weighted by atomic mass is 10.2. The quantitative estimate of drug-likeness (QED) is 0.805. The van der Waals surface area contributed by atoms with E-state index in [2.05, 4.69) is 11.9 Å². The van der Waals surface area contributed by atoms with Crippen molar-refractivity contribution in [3.63, 3.8) is 0 Å². The highest BCUT2D eigenvalue weighted by atomic mass is 32.2. The fourth-order valence-electron chi connectivity index (χ4n) is 1.52. The summed E-state index contributed by atoms with van der Waals surface area (Å²) in [5, 5.41) is 9.61. The van der Waals surface area contributed by atoms with E-state index in [0.717, 1.165) is 17.9 Å². The number of hydrogen-bond donors (Lipinski definition) is 1. The van der Waals surface area contributed by atoms with E-state index in [0.29, 0.717) is 0 Å². The van der Waals surface area contributed by atoms with E-state index in [-0.39, 0.29) is 23.4 Å². The van der Waals surface area contributed by atoms with Gasteiger partial charge < -0.3 is 10.0 Å². The van der Waals surface area contributed by atoms with Gasteiger partial charge in [-0.25, -0.2) is 4.98 Å². The van der Waals surface area contributed by atoms with Crippen LogP contribution in [0.15, 0.2) is 18.3 Å². The molecule has 0 spiro atoms. The zero-order chi connectivity index (χ0) is 13.5. The van der Waals surface area contributed by atoms with Crippen LogP contribution >= 0.6 is 11.8 Å². The van der Waals surface area contributed by atoms with Crippen LogP contribution in [0.5, 0.6) is 5.75 Å². The molecule has 4 nitrogen and oxygen atoms in total. The van der Waals surface area contributed by atoms with Crippen molar-refractivity contribution in [1.82, 2.24) is 9.88 Å². The molecular formula is C13H20N2O2S. The fourth-order valence-corrected chi connectivity index (χ4v) is 2.32. The van der Waals surface area contributed by atoms with Gasteiger partial charge in [0.1, 0.15) is 5.75 Å². The van der Waals surface area contributed by atoms with Gasteiger partial charge in [-0.1, -0.05) is 6.92 Å². The molecule has 0 radical (unpaired) electrons. The molecule has 1 aromatic rings. The highest BCUT2D eigenvalue weighted by Crippen LogP contribution is 2.17. The number of rotatable bonds is 6. The van der Waals surface area contributed by atoms with Crippen molar-refractivity contribution in [2.45, 2.75) is 26.3 Å². The maximum absolute atomic E-state index is 12.1. The average Bonchev–Trinajstić information content (AvgIpc) is 2.38. The minimum atomic E-state index is -0.234. The lowest BCUT2D eigenvalue weighted by molar-refractivity contribution is 0.0732. The molecule has 5 heteroatoms. The minimum absolute atomic E-state index is 0.0653. The third-order valence-corrected chi connectivity index (χ3v) is 3.79. The maximum Gasteiger partial charge on any atom is 0.276 e. The molecule has 1 heterocycles. The van der Waals surface area contributed by atoms with Gasteiger partial charge >= 0.3 is 0 Å². The van der Waals surface area contributed by atoms with Crippen LogP contribution in [0.25, 0.3) is 0 Å². The number of nitrogens with zero attached hydrogens (tertiary/aromatic N) is 2. The van der Waals surface area contributed by atoms with Crippen LogP contribution in [-0.2, 0) is 0 Å². The van der Waals surface area contributed by atoms with Crippen molar-refractivity contribution in [2.24, 2.45) is 0 Å². The lowest BCUT2D eigenvalue weighted by Gasteiger charge is -2.24. The Bertz CT molecular complexity index is 398. The average molecular weight is 268 g/mol. The van der Waals surface area contributed by atoms with Crippen LogP contribution in [0.1, 0.15) is 30.8 Å². The normalized spacial score (nSPS) is 12.2. The summed E-state index contributed by atoms with van der Waals surface area (Å²) in [5.74, 6) is 1.82. The zero-order valence-corrected chi connectivity index (χ0v) is 11.9. The number of carbonyl (C=O) groups is 1.